The third-order valence-corrected chi connectivity index (χ3v) is 3.56. The monoisotopic (exact) mass is 254 g/mol. The van der Waals surface area contributed by atoms with Gasteiger partial charge in [0.1, 0.15) is 0 Å². The maximum atomic E-state index is 10.4. The van der Waals surface area contributed by atoms with E-state index in [1.54, 1.807) is 7.11 Å². The lowest BCUT2D eigenvalue weighted by atomic mass is 9.96. The molecule has 0 aliphatic rings. The number of hydrogen-bond donors (Lipinski definition) is 1. The second kappa shape index (κ2) is 6.90. The lowest BCUT2D eigenvalue weighted by molar-refractivity contribution is -0.0340. The molecule has 0 saturated carbocycles. The van der Waals surface area contributed by atoms with Gasteiger partial charge in [0.25, 0.3) is 0 Å². The second-order valence-corrected chi connectivity index (χ2v) is 4.95. The molecule has 1 aromatic rings. The minimum absolute atomic E-state index is 0.349. The van der Waals surface area contributed by atoms with E-state index in [0.29, 0.717) is 25.5 Å². The van der Waals surface area contributed by atoms with Crippen LogP contribution >= 0.6 is 0 Å². The number of nitrogens with zero attached hydrogens (tertiary/aromatic N) is 2. The van der Waals surface area contributed by atoms with Crippen molar-refractivity contribution in [2.24, 2.45) is 0 Å². The summed E-state index contributed by atoms with van der Waals surface area (Å²) < 4.78 is 7.09. The van der Waals surface area contributed by atoms with Crippen LogP contribution in [0, 0.1) is 0 Å². The topological polar surface area (TPSA) is 47.3 Å². The van der Waals surface area contributed by atoms with Crippen molar-refractivity contribution in [3.8, 4) is 0 Å². The lowest BCUT2D eigenvalue weighted by Gasteiger charge is -2.24. The van der Waals surface area contributed by atoms with Gasteiger partial charge >= 0.3 is 0 Å². The van der Waals surface area contributed by atoms with E-state index in [9.17, 15) is 5.11 Å². The molecule has 104 valence electrons. The Hall–Kier alpha value is -0.870. The maximum absolute atomic E-state index is 10.4. The van der Waals surface area contributed by atoms with Crippen molar-refractivity contribution in [1.29, 1.82) is 0 Å². The average Bonchev–Trinajstić information content (AvgIpc) is 2.79. The fraction of sp³-hybridized carbons (Fsp3) is 0.786. The summed E-state index contributed by atoms with van der Waals surface area (Å²) in [5.41, 5.74) is 0.130. The minimum atomic E-state index is -0.804. The Morgan fingerprint density at radius 2 is 2.06 bits per heavy atom. The Balaban J connectivity index is 2.73. The summed E-state index contributed by atoms with van der Waals surface area (Å²) in [7, 11) is 1.61. The molecule has 4 heteroatoms. The molecule has 0 amide bonds. The van der Waals surface area contributed by atoms with E-state index in [1.165, 1.54) is 0 Å². The molecule has 0 aliphatic heterocycles. The van der Waals surface area contributed by atoms with Gasteiger partial charge < -0.3 is 9.84 Å². The molecule has 0 bridgehead atoms. The molecule has 18 heavy (non-hydrogen) atoms. The van der Waals surface area contributed by atoms with Crippen LogP contribution in [0.15, 0.2) is 12.3 Å². The maximum Gasteiger partial charge on any atom is 0.0933 e. The van der Waals surface area contributed by atoms with Crippen LogP contribution < -0.4 is 0 Å². The highest BCUT2D eigenvalue weighted by Crippen LogP contribution is 2.19. The Labute approximate surface area is 110 Å². The van der Waals surface area contributed by atoms with Gasteiger partial charge in [0.15, 0.2) is 0 Å². The number of hydrogen-bond acceptors (Lipinski definition) is 3. The summed E-state index contributed by atoms with van der Waals surface area (Å²) in [5, 5.41) is 14.9. The molecular formula is C14H26N2O2. The van der Waals surface area contributed by atoms with Crippen LogP contribution in [0.4, 0.5) is 0 Å². The van der Waals surface area contributed by atoms with Crippen molar-refractivity contribution in [3.05, 3.63) is 18.0 Å². The molecule has 0 radical (unpaired) electrons. The molecule has 0 aliphatic carbocycles. The van der Waals surface area contributed by atoms with Gasteiger partial charge in [0.05, 0.1) is 23.9 Å². The van der Waals surface area contributed by atoms with Crippen LogP contribution in [-0.2, 0) is 11.2 Å². The standard InChI is InChI=1S/C14H26N2O2/c1-5-13(6-2)16-9-8-12(15-16)10-14(17,7-3)11-18-4/h8-9,13,17H,5-7,10-11H2,1-4H3. The molecule has 1 unspecified atom stereocenters. The van der Waals surface area contributed by atoms with E-state index in [4.69, 9.17) is 4.74 Å². The summed E-state index contributed by atoms with van der Waals surface area (Å²) in [6.45, 7) is 6.66. The Morgan fingerprint density at radius 3 is 2.56 bits per heavy atom. The smallest absolute Gasteiger partial charge is 0.0933 e. The zero-order chi connectivity index (χ0) is 13.6. The number of rotatable bonds is 8. The first-order valence-electron chi connectivity index (χ1n) is 6.83. The molecule has 1 N–H and O–H groups in total. The molecule has 0 spiro atoms. The van der Waals surface area contributed by atoms with E-state index < -0.39 is 5.60 Å². The van der Waals surface area contributed by atoms with Crippen LogP contribution in [0.1, 0.15) is 51.8 Å². The molecule has 0 aromatic carbocycles. The summed E-state index contributed by atoms with van der Waals surface area (Å²) in [6.07, 6.45) is 5.38. The van der Waals surface area contributed by atoms with Crippen LogP contribution in [0.3, 0.4) is 0 Å². The molecule has 1 rings (SSSR count). The van der Waals surface area contributed by atoms with E-state index in [2.05, 4.69) is 18.9 Å². The average molecular weight is 254 g/mol. The third-order valence-electron chi connectivity index (χ3n) is 3.56. The lowest BCUT2D eigenvalue weighted by Crippen LogP contribution is -2.36. The van der Waals surface area contributed by atoms with Gasteiger partial charge in [-0.2, -0.15) is 5.10 Å². The molecule has 1 aromatic heterocycles. The number of aromatic nitrogens is 2. The Morgan fingerprint density at radius 1 is 1.39 bits per heavy atom. The summed E-state index contributed by atoms with van der Waals surface area (Å²) in [4.78, 5) is 0. The van der Waals surface area contributed by atoms with Crippen molar-refractivity contribution < 1.29 is 9.84 Å². The first-order chi connectivity index (χ1) is 8.58. The normalized spacial score (nSPS) is 15.0. The highest BCUT2D eigenvalue weighted by atomic mass is 16.5. The quantitative estimate of drug-likeness (QED) is 0.775. The fourth-order valence-electron chi connectivity index (χ4n) is 2.22. The molecule has 4 nitrogen and oxygen atoms in total. The van der Waals surface area contributed by atoms with Crippen LogP contribution in [-0.4, -0.2) is 34.2 Å². The first-order valence-corrected chi connectivity index (χ1v) is 6.83. The van der Waals surface area contributed by atoms with Gasteiger partial charge in [-0.3, -0.25) is 4.68 Å². The molecule has 1 atom stereocenters. The SMILES string of the molecule is CCC(CC)n1ccc(CC(O)(CC)COC)n1. The van der Waals surface area contributed by atoms with Crippen molar-refractivity contribution >= 4 is 0 Å². The van der Waals surface area contributed by atoms with Gasteiger partial charge in [-0.25, -0.2) is 0 Å². The third kappa shape index (κ3) is 3.82. The van der Waals surface area contributed by atoms with Crippen LogP contribution in [0.25, 0.3) is 0 Å². The van der Waals surface area contributed by atoms with Crippen molar-refractivity contribution in [3.63, 3.8) is 0 Å². The van der Waals surface area contributed by atoms with E-state index >= 15 is 0 Å². The van der Waals surface area contributed by atoms with Gasteiger partial charge in [-0.05, 0) is 25.3 Å². The van der Waals surface area contributed by atoms with E-state index in [0.717, 1.165) is 18.5 Å². The minimum Gasteiger partial charge on any atom is -0.387 e. The van der Waals surface area contributed by atoms with E-state index in [1.807, 2.05) is 23.9 Å². The number of methoxy groups -OCH3 is 1. The summed E-state index contributed by atoms with van der Waals surface area (Å²) >= 11 is 0. The first kappa shape index (κ1) is 15.2. The zero-order valence-corrected chi connectivity index (χ0v) is 12.0. The number of aliphatic hydroxyl groups is 1. The predicted octanol–water partition coefficient (Wildman–Crippen LogP) is 2.57. The highest BCUT2D eigenvalue weighted by Gasteiger charge is 2.26. The second-order valence-electron chi connectivity index (χ2n) is 4.95. The van der Waals surface area contributed by atoms with Crippen molar-refractivity contribution in [2.75, 3.05) is 13.7 Å². The van der Waals surface area contributed by atoms with Gasteiger partial charge in [-0.1, -0.05) is 20.8 Å². The predicted molar refractivity (Wildman–Crippen MR) is 72.7 cm³/mol. The largest absolute Gasteiger partial charge is 0.387 e. The highest BCUT2D eigenvalue weighted by molar-refractivity contribution is 5.04. The van der Waals surface area contributed by atoms with E-state index in [-0.39, 0.29) is 0 Å². The van der Waals surface area contributed by atoms with Gasteiger partial charge in [0, 0.05) is 19.7 Å². The molecular weight excluding hydrogens is 228 g/mol. The Bertz CT molecular complexity index is 347. The van der Waals surface area contributed by atoms with Crippen molar-refractivity contribution in [1.82, 2.24) is 9.78 Å². The summed E-state index contributed by atoms with van der Waals surface area (Å²) in [5.74, 6) is 0. The van der Waals surface area contributed by atoms with Gasteiger partial charge in [-0.15, -0.1) is 0 Å². The fourth-order valence-corrected chi connectivity index (χ4v) is 2.22. The van der Waals surface area contributed by atoms with Gasteiger partial charge in [0.2, 0.25) is 0 Å². The molecule has 1 heterocycles. The van der Waals surface area contributed by atoms with Crippen LogP contribution in [0.2, 0.25) is 0 Å². The Kier molecular flexibility index (Phi) is 5.82. The van der Waals surface area contributed by atoms with Crippen LogP contribution in [0.5, 0.6) is 0 Å². The summed E-state index contributed by atoms with van der Waals surface area (Å²) in [6, 6.07) is 2.45. The zero-order valence-electron chi connectivity index (χ0n) is 12.0. The number of ether oxygens (including phenoxy) is 1. The molecule has 0 fully saturated rings. The molecule has 0 saturated heterocycles. The van der Waals surface area contributed by atoms with Crippen molar-refractivity contribution in [2.45, 2.75) is 58.1 Å².